The van der Waals surface area contributed by atoms with Gasteiger partial charge in [-0.1, -0.05) is 285 Å². The van der Waals surface area contributed by atoms with Gasteiger partial charge in [-0.15, -0.1) is 0 Å². The zero-order chi connectivity index (χ0) is 46.8. The van der Waals surface area contributed by atoms with Crippen molar-refractivity contribution in [1.82, 2.24) is 0 Å². The first-order chi connectivity index (χ1) is 31.3. The van der Waals surface area contributed by atoms with Gasteiger partial charge in [-0.2, -0.15) is 0 Å². The lowest BCUT2D eigenvalue weighted by atomic mass is 9.99. The average Bonchev–Trinajstić information content (AvgIpc) is 3.29. The molecule has 0 aliphatic rings. The lowest BCUT2D eigenvalue weighted by Crippen LogP contribution is -2.30. The molecule has 380 valence electrons. The molecular formula is C58H112O6. The third kappa shape index (κ3) is 48.3. The highest BCUT2D eigenvalue weighted by molar-refractivity contribution is 5.71. The molecule has 6 nitrogen and oxygen atoms in total. The van der Waals surface area contributed by atoms with Crippen LogP contribution in [0.15, 0.2) is 0 Å². The molecule has 64 heavy (non-hydrogen) atoms. The largest absolute Gasteiger partial charge is 0.462 e. The van der Waals surface area contributed by atoms with Crippen LogP contribution in [0.4, 0.5) is 0 Å². The Morgan fingerprint density at radius 2 is 0.547 bits per heavy atom. The van der Waals surface area contributed by atoms with Crippen LogP contribution >= 0.6 is 0 Å². The Hall–Kier alpha value is -1.59. The van der Waals surface area contributed by atoms with E-state index in [0.29, 0.717) is 19.3 Å². The minimum atomic E-state index is -0.763. The molecule has 2 unspecified atom stereocenters. The maximum absolute atomic E-state index is 12.8. The highest BCUT2D eigenvalue weighted by Crippen LogP contribution is 2.19. The van der Waals surface area contributed by atoms with Crippen molar-refractivity contribution in [2.24, 2.45) is 11.8 Å². The van der Waals surface area contributed by atoms with Crippen LogP contribution in [0.1, 0.15) is 324 Å². The van der Waals surface area contributed by atoms with Gasteiger partial charge >= 0.3 is 17.9 Å². The summed E-state index contributed by atoms with van der Waals surface area (Å²) in [6.45, 7) is 11.4. The summed E-state index contributed by atoms with van der Waals surface area (Å²) in [7, 11) is 0. The lowest BCUT2D eigenvalue weighted by molar-refractivity contribution is -0.167. The van der Waals surface area contributed by atoms with Crippen molar-refractivity contribution < 1.29 is 28.6 Å². The van der Waals surface area contributed by atoms with E-state index in [0.717, 1.165) is 69.6 Å². The van der Waals surface area contributed by atoms with E-state index in [1.54, 1.807) is 0 Å². The predicted octanol–water partition coefficient (Wildman–Crippen LogP) is 18.9. The van der Waals surface area contributed by atoms with Gasteiger partial charge in [0.05, 0.1) is 0 Å². The predicted molar refractivity (Wildman–Crippen MR) is 275 cm³/mol. The first-order valence-electron chi connectivity index (χ1n) is 28.8. The monoisotopic (exact) mass is 905 g/mol. The Bertz CT molecular complexity index is 982. The Kier molecular flexibility index (Phi) is 49.6. The fourth-order valence-corrected chi connectivity index (χ4v) is 8.81. The van der Waals surface area contributed by atoms with E-state index in [1.807, 2.05) is 0 Å². The second kappa shape index (κ2) is 50.8. The molecule has 6 heteroatoms. The second-order valence-electron chi connectivity index (χ2n) is 20.4. The van der Waals surface area contributed by atoms with Gasteiger partial charge < -0.3 is 14.2 Å². The van der Waals surface area contributed by atoms with Crippen molar-refractivity contribution in [3.05, 3.63) is 0 Å². The van der Waals surface area contributed by atoms with E-state index in [4.69, 9.17) is 14.2 Å². The summed E-state index contributed by atoms with van der Waals surface area (Å²) in [6, 6.07) is 0. The summed E-state index contributed by atoms with van der Waals surface area (Å²) in [4.78, 5) is 38.1. The fraction of sp³-hybridized carbons (Fsp3) is 0.948. The van der Waals surface area contributed by atoms with Crippen molar-refractivity contribution in [2.75, 3.05) is 13.2 Å². The smallest absolute Gasteiger partial charge is 0.306 e. The summed E-state index contributed by atoms with van der Waals surface area (Å²) in [6.07, 6.45) is 53.7. The second-order valence-corrected chi connectivity index (χ2v) is 20.4. The van der Waals surface area contributed by atoms with Crippen LogP contribution in [0.3, 0.4) is 0 Å². The van der Waals surface area contributed by atoms with Crippen molar-refractivity contribution in [2.45, 2.75) is 330 Å². The molecule has 0 N–H and O–H groups in total. The number of esters is 3. The number of rotatable bonds is 52. The summed E-state index contributed by atoms with van der Waals surface area (Å²) in [5, 5.41) is 0. The summed E-state index contributed by atoms with van der Waals surface area (Å²) < 4.78 is 16.9. The molecule has 0 amide bonds. The molecule has 3 atom stereocenters. The summed E-state index contributed by atoms with van der Waals surface area (Å²) in [5.74, 6) is 0.902. The molecule has 0 heterocycles. The average molecular weight is 906 g/mol. The van der Waals surface area contributed by atoms with E-state index >= 15 is 0 Å². The number of ether oxygens (including phenoxy) is 3. The first kappa shape index (κ1) is 62.4. The van der Waals surface area contributed by atoms with Gasteiger partial charge in [0.1, 0.15) is 13.2 Å². The van der Waals surface area contributed by atoms with Crippen molar-refractivity contribution in [3.63, 3.8) is 0 Å². The van der Waals surface area contributed by atoms with Crippen molar-refractivity contribution in [1.29, 1.82) is 0 Å². The minimum absolute atomic E-state index is 0.0631. The van der Waals surface area contributed by atoms with Crippen molar-refractivity contribution in [3.8, 4) is 0 Å². The van der Waals surface area contributed by atoms with Crippen LogP contribution < -0.4 is 0 Å². The zero-order valence-corrected chi connectivity index (χ0v) is 43.9. The molecule has 0 aromatic rings. The van der Waals surface area contributed by atoms with Gasteiger partial charge in [0.2, 0.25) is 0 Å². The van der Waals surface area contributed by atoms with E-state index in [9.17, 15) is 14.4 Å². The third-order valence-electron chi connectivity index (χ3n) is 13.9. The van der Waals surface area contributed by atoms with Crippen LogP contribution in [0, 0.1) is 11.8 Å². The molecule has 0 saturated carbocycles. The molecule has 0 radical (unpaired) electrons. The van der Waals surface area contributed by atoms with Gasteiger partial charge in [-0.25, -0.2) is 0 Å². The molecule has 0 rings (SSSR count). The van der Waals surface area contributed by atoms with Gasteiger partial charge in [-0.05, 0) is 31.1 Å². The van der Waals surface area contributed by atoms with E-state index in [-0.39, 0.29) is 31.1 Å². The van der Waals surface area contributed by atoms with Crippen LogP contribution in [0.25, 0.3) is 0 Å². The molecule has 0 bridgehead atoms. The summed E-state index contributed by atoms with van der Waals surface area (Å²) in [5.41, 5.74) is 0. The van der Waals surface area contributed by atoms with E-state index in [2.05, 4.69) is 34.6 Å². The highest BCUT2D eigenvalue weighted by Gasteiger charge is 2.19. The fourth-order valence-electron chi connectivity index (χ4n) is 8.81. The molecule has 0 spiro atoms. The molecular weight excluding hydrogens is 793 g/mol. The van der Waals surface area contributed by atoms with Crippen LogP contribution in [-0.4, -0.2) is 37.2 Å². The van der Waals surface area contributed by atoms with Crippen LogP contribution in [0.5, 0.6) is 0 Å². The Labute approximate surface area is 399 Å². The molecule has 0 aromatic carbocycles. The van der Waals surface area contributed by atoms with Crippen LogP contribution in [-0.2, 0) is 28.6 Å². The number of unbranched alkanes of at least 4 members (excludes halogenated alkanes) is 35. The van der Waals surface area contributed by atoms with Crippen LogP contribution in [0.2, 0.25) is 0 Å². The van der Waals surface area contributed by atoms with Gasteiger partial charge in [0.25, 0.3) is 0 Å². The van der Waals surface area contributed by atoms with E-state index in [1.165, 1.54) is 212 Å². The Balaban J connectivity index is 4.29. The quantitative estimate of drug-likeness (QED) is 0.0344. The first-order valence-corrected chi connectivity index (χ1v) is 28.8. The lowest BCUT2D eigenvalue weighted by Gasteiger charge is -2.18. The third-order valence-corrected chi connectivity index (χ3v) is 13.9. The normalized spacial score (nSPS) is 12.9. The number of carbonyl (C=O) groups excluding carboxylic acids is 3. The van der Waals surface area contributed by atoms with Gasteiger partial charge in [-0.3, -0.25) is 14.4 Å². The maximum Gasteiger partial charge on any atom is 0.306 e. The van der Waals surface area contributed by atoms with E-state index < -0.39 is 6.10 Å². The Morgan fingerprint density at radius 3 is 0.812 bits per heavy atom. The molecule has 0 saturated heterocycles. The topological polar surface area (TPSA) is 78.9 Å². The molecule has 0 aliphatic heterocycles. The van der Waals surface area contributed by atoms with Gasteiger partial charge in [0.15, 0.2) is 6.10 Å². The molecule has 0 fully saturated rings. The maximum atomic E-state index is 12.8. The van der Waals surface area contributed by atoms with Gasteiger partial charge in [0, 0.05) is 19.3 Å². The number of hydrogen-bond acceptors (Lipinski definition) is 6. The molecule has 0 aliphatic carbocycles. The SMILES string of the molecule is CCCCCCCCCCCCCCCCCCC(=O)O[C@H](COC(=O)CCCCCCCCCCCCCCCCC(C)CC)COC(=O)CCCCCCCCCCC(C)CC. The zero-order valence-electron chi connectivity index (χ0n) is 43.9. The minimum Gasteiger partial charge on any atom is -0.462 e. The Morgan fingerprint density at radius 1 is 0.312 bits per heavy atom. The molecule has 0 aromatic heterocycles. The summed E-state index contributed by atoms with van der Waals surface area (Å²) >= 11 is 0. The standard InChI is InChI=1S/C58H112O6/c1-6-9-10-11-12-13-14-15-16-17-22-25-28-35-40-45-50-58(61)64-55(52-63-57(60)49-44-39-34-30-29-32-37-42-47-54(5)8-3)51-62-56(59)48-43-38-33-27-24-21-19-18-20-23-26-31-36-41-46-53(4)7-2/h53-55H,6-52H2,1-5H3/t53?,54?,55-/m1/s1. The number of hydrogen-bond donors (Lipinski definition) is 0. The highest BCUT2D eigenvalue weighted by atomic mass is 16.6. The van der Waals surface area contributed by atoms with Crippen molar-refractivity contribution >= 4 is 17.9 Å². The number of carbonyl (C=O) groups is 3.